The second-order valence-electron chi connectivity index (χ2n) is 4.16. The molecule has 0 aliphatic carbocycles. The zero-order valence-electron chi connectivity index (χ0n) is 10.0. The van der Waals surface area contributed by atoms with Crippen LogP contribution in [0.1, 0.15) is 34.8 Å². The molecule has 2 N–H and O–H groups in total. The summed E-state index contributed by atoms with van der Waals surface area (Å²) < 4.78 is 0. The molecule has 0 heterocycles. The van der Waals surface area contributed by atoms with Crippen LogP contribution < -0.4 is 0 Å². The van der Waals surface area contributed by atoms with E-state index < -0.39 is 12.2 Å². The van der Waals surface area contributed by atoms with Gasteiger partial charge in [0, 0.05) is 0 Å². The molecule has 3 nitrogen and oxygen atoms in total. The van der Waals surface area contributed by atoms with E-state index in [1.807, 2.05) is 13.8 Å². The molecule has 0 saturated heterocycles. The molecule has 0 aromatic heterocycles. The minimum atomic E-state index is -0.921. The van der Waals surface area contributed by atoms with Crippen molar-refractivity contribution in [2.24, 2.45) is 0 Å². The molecule has 92 valence electrons. The average Bonchev–Trinajstić information content (AvgIpc) is 2.28. The summed E-state index contributed by atoms with van der Waals surface area (Å²) >= 11 is 4.04. The van der Waals surface area contributed by atoms with E-state index in [0.717, 1.165) is 11.1 Å². The van der Waals surface area contributed by atoms with Gasteiger partial charge in [-0.15, -0.1) is 0 Å². The summed E-state index contributed by atoms with van der Waals surface area (Å²) in [5.74, 6) is 0.520. The lowest BCUT2D eigenvalue weighted by atomic mass is 9.92. The molecule has 0 saturated carbocycles. The van der Waals surface area contributed by atoms with E-state index in [9.17, 15) is 10.2 Å². The lowest BCUT2D eigenvalue weighted by molar-refractivity contribution is 0.0165. The van der Waals surface area contributed by atoms with Gasteiger partial charge in [0.05, 0.1) is 17.7 Å². The second kappa shape index (κ2) is 6.06. The van der Waals surface area contributed by atoms with Crippen LogP contribution in [0.15, 0.2) is 12.1 Å². The Bertz CT molecular complexity index is 417. The first-order chi connectivity index (χ1) is 8.01. The number of aliphatic hydroxyl groups is 2. The van der Waals surface area contributed by atoms with Crippen molar-refractivity contribution in [3.8, 4) is 6.07 Å². The molecule has 4 heteroatoms. The maximum atomic E-state index is 10.1. The molecule has 0 spiro atoms. The molecule has 0 aliphatic rings. The fourth-order valence-corrected chi connectivity index (χ4v) is 2.25. The molecule has 1 aromatic carbocycles. The molecule has 0 aliphatic heterocycles. The molecule has 0 amide bonds. The fourth-order valence-electron chi connectivity index (χ4n) is 1.99. The molecule has 17 heavy (non-hydrogen) atoms. The normalized spacial score (nSPS) is 14.1. The van der Waals surface area contributed by atoms with Crippen molar-refractivity contribution < 1.29 is 10.2 Å². The topological polar surface area (TPSA) is 64.2 Å². The summed E-state index contributed by atoms with van der Waals surface area (Å²) in [4.78, 5) is 0. The second-order valence-corrected chi connectivity index (χ2v) is 4.61. The Labute approximate surface area is 107 Å². The van der Waals surface area contributed by atoms with Gasteiger partial charge in [-0.05, 0) is 54.8 Å². The molecular weight excluding hydrogens is 234 g/mol. The van der Waals surface area contributed by atoms with Crippen LogP contribution in [0.25, 0.3) is 0 Å². The van der Waals surface area contributed by atoms with Crippen LogP contribution in [-0.4, -0.2) is 22.1 Å². The highest BCUT2D eigenvalue weighted by Gasteiger charge is 2.21. The van der Waals surface area contributed by atoms with Crippen molar-refractivity contribution in [1.82, 2.24) is 0 Å². The van der Waals surface area contributed by atoms with Gasteiger partial charge in [-0.3, -0.25) is 0 Å². The van der Waals surface area contributed by atoms with Crippen molar-refractivity contribution >= 4 is 12.6 Å². The van der Waals surface area contributed by atoms with E-state index in [4.69, 9.17) is 5.26 Å². The standard InChI is InChI=1S/C13H17NO2S/c1-8-5-10(7-14)6-9(2)12(8)13(16)11(15)3-4-17/h5-6,11,13,15-17H,3-4H2,1-2H3. The third kappa shape index (κ3) is 3.22. The van der Waals surface area contributed by atoms with Crippen LogP contribution in [0.5, 0.6) is 0 Å². The van der Waals surface area contributed by atoms with E-state index in [1.165, 1.54) is 0 Å². The van der Waals surface area contributed by atoms with Crippen LogP contribution in [0, 0.1) is 25.2 Å². The van der Waals surface area contributed by atoms with Gasteiger partial charge in [-0.25, -0.2) is 0 Å². The first kappa shape index (κ1) is 14.0. The highest BCUT2D eigenvalue weighted by molar-refractivity contribution is 7.80. The fraction of sp³-hybridized carbons (Fsp3) is 0.462. The van der Waals surface area contributed by atoms with E-state index in [1.54, 1.807) is 12.1 Å². The first-order valence-electron chi connectivity index (χ1n) is 5.49. The van der Waals surface area contributed by atoms with Crippen molar-refractivity contribution in [1.29, 1.82) is 5.26 Å². The van der Waals surface area contributed by atoms with Gasteiger partial charge >= 0.3 is 0 Å². The third-order valence-corrected chi connectivity index (χ3v) is 3.07. The number of aryl methyl sites for hydroxylation is 2. The molecule has 0 radical (unpaired) electrons. The Morgan fingerprint density at radius 1 is 1.29 bits per heavy atom. The number of rotatable bonds is 4. The molecule has 1 rings (SSSR count). The number of nitrogens with zero attached hydrogens (tertiary/aromatic N) is 1. The predicted molar refractivity (Wildman–Crippen MR) is 70.1 cm³/mol. The monoisotopic (exact) mass is 251 g/mol. The number of benzene rings is 1. The molecular formula is C13H17NO2S. The molecule has 0 fully saturated rings. The zero-order valence-corrected chi connectivity index (χ0v) is 10.9. The highest BCUT2D eigenvalue weighted by Crippen LogP contribution is 2.27. The number of nitriles is 1. The minimum Gasteiger partial charge on any atom is -0.390 e. The van der Waals surface area contributed by atoms with E-state index in [0.29, 0.717) is 23.3 Å². The van der Waals surface area contributed by atoms with Crippen LogP contribution >= 0.6 is 12.6 Å². The zero-order chi connectivity index (χ0) is 13.0. The maximum absolute atomic E-state index is 10.1. The lowest BCUT2D eigenvalue weighted by Crippen LogP contribution is -2.20. The maximum Gasteiger partial charge on any atom is 0.105 e. The smallest absolute Gasteiger partial charge is 0.105 e. The Morgan fingerprint density at radius 2 is 1.82 bits per heavy atom. The summed E-state index contributed by atoms with van der Waals surface area (Å²) in [5, 5.41) is 28.7. The van der Waals surface area contributed by atoms with Gasteiger partial charge < -0.3 is 10.2 Å². The molecule has 2 unspecified atom stereocenters. The van der Waals surface area contributed by atoms with Gasteiger partial charge in [0.2, 0.25) is 0 Å². The number of hydrogen-bond acceptors (Lipinski definition) is 4. The van der Waals surface area contributed by atoms with Crippen LogP contribution in [-0.2, 0) is 0 Å². The van der Waals surface area contributed by atoms with Crippen molar-refractivity contribution in [3.63, 3.8) is 0 Å². The molecule has 0 bridgehead atoms. The van der Waals surface area contributed by atoms with Crippen LogP contribution in [0.4, 0.5) is 0 Å². The average molecular weight is 251 g/mol. The van der Waals surface area contributed by atoms with Gasteiger partial charge in [0.1, 0.15) is 6.10 Å². The van der Waals surface area contributed by atoms with Crippen LogP contribution in [0.3, 0.4) is 0 Å². The third-order valence-electron chi connectivity index (χ3n) is 2.81. The summed E-state index contributed by atoms with van der Waals surface area (Å²) in [6.45, 7) is 3.67. The SMILES string of the molecule is Cc1cc(C#N)cc(C)c1C(O)C(O)CCS. The first-order valence-corrected chi connectivity index (χ1v) is 6.12. The van der Waals surface area contributed by atoms with Crippen molar-refractivity contribution in [3.05, 3.63) is 34.4 Å². The number of hydrogen-bond donors (Lipinski definition) is 3. The van der Waals surface area contributed by atoms with Gasteiger partial charge in [0.15, 0.2) is 0 Å². The van der Waals surface area contributed by atoms with E-state index in [2.05, 4.69) is 18.7 Å². The van der Waals surface area contributed by atoms with Gasteiger partial charge in [-0.1, -0.05) is 0 Å². The highest BCUT2D eigenvalue weighted by atomic mass is 32.1. The lowest BCUT2D eigenvalue weighted by Gasteiger charge is -2.21. The Hall–Kier alpha value is -1.02. The summed E-state index contributed by atoms with van der Waals surface area (Å²) in [5.41, 5.74) is 2.93. The summed E-state index contributed by atoms with van der Waals surface area (Å²) in [7, 11) is 0. The Morgan fingerprint density at radius 3 is 2.24 bits per heavy atom. The molecule has 2 atom stereocenters. The van der Waals surface area contributed by atoms with Gasteiger partial charge in [-0.2, -0.15) is 17.9 Å². The quantitative estimate of drug-likeness (QED) is 0.716. The van der Waals surface area contributed by atoms with E-state index in [-0.39, 0.29) is 0 Å². The van der Waals surface area contributed by atoms with E-state index >= 15 is 0 Å². The number of aliphatic hydroxyl groups excluding tert-OH is 2. The van der Waals surface area contributed by atoms with Crippen molar-refractivity contribution in [2.45, 2.75) is 32.5 Å². The molecule has 1 aromatic rings. The minimum absolute atomic E-state index is 0.434. The summed E-state index contributed by atoms with van der Waals surface area (Å²) in [6.07, 6.45) is -1.31. The number of thiol groups is 1. The largest absolute Gasteiger partial charge is 0.390 e. The van der Waals surface area contributed by atoms with Crippen LogP contribution in [0.2, 0.25) is 0 Å². The van der Waals surface area contributed by atoms with Gasteiger partial charge in [0.25, 0.3) is 0 Å². The Balaban J connectivity index is 3.10. The van der Waals surface area contributed by atoms with Crippen molar-refractivity contribution in [2.75, 3.05) is 5.75 Å². The summed E-state index contributed by atoms with van der Waals surface area (Å²) in [6, 6.07) is 5.52. The Kier molecular flexibility index (Phi) is 5.01. The predicted octanol–water partition coefficient (Wildman–Crippen LogP) is 1.89.